The minimum absolute atomic E-state index is 0.00180. The van der Waals surface area contributed by atoms with Gasteiger partial charge in [-0.1, -0.05) is 30.3 Å². The van der Waals surface area contributed by atoms with E-state index in [9.17, 15) is 9.59 Å². The third-order valence-electron chi connectivity index (χ3n) is 3.19. The number of thioether (sulfide) groups is 1. The van der Waals surface area contributed by atoms with Crippen molar-refractivity contribution < 1.29 is 9.59 Å². The van der Waals surface area contributed by atoms with Crippen LogP contribution in [-0.4, -0.2) is 29.0 Å². The molecule has 2 rings (SSSR count). The molecule has 0 radical (unpaired) electrons. The maximum atomic E-state index is 11.4. The first-order valence-corrected chi connectivity index (χ1v) is 7.88. The maximum Gasteiger partial charge on any atom is 0.229 e. The molecule has 0 N–H and O–H groups in total. The zero-order valence-corrected chi connectivity index (χ0v) is 11.8. The van der Waals surface area contributed by atoms with Gasteiger partial charge in [-0.25, -0.2) is 0 Å². The van der Waals surface area contributed by atoms with Gasteiger partial charge in [0, 0.05) is 25.1 Å². The van der Waals surface area contributed by atoms with Crippen molar-refractivity contribution in [3.8, 4) is 0 Å². The molecule has 3 nitrogen and oxygen atoms in total. The zero-order chi connectivity index (χ0) is 13.5. The maximum absolute atomic E-state index is 11.4. The molecule has 0 aliphatic carbocycles. The van der Waals surface area contributed by atoms with Gasteiger partial charge < -0.3 is 0 Å². The number of carbonyl (C=O) groups excluding carboxylic acids is 2. The second-order valence-electron chi connectivity index (χ2n) is 4.68. The van der Waals surface area contributed by atoms with Crippen LogP contribution in [0.1, 0.15) is 31.2 Å². The van der Waals surface area contributed by atoms with E-state index in [0.29, 0.717) is 19.4 Å². The van der Waals surface area contributed by atoms with Gasteiger partial charge >= 0.3 is 0 Å². The van der Waals surface area contributed by atoms with Gasteiger partial charge in [-0.15, -0.1) is 0 Å². The van der Waals surface area contributed by atoms with Crippen molar-refractivity contribution in [2.24, 2.45) is 0 Å². The highest BCUT2D eigenvalue weighted by atomic mass is 32.2. The van der Waals surface area contributed by atoms with Crippen LogP contribution < -0.4 is 0 Å². The molecule has 1 aromatic carbocycles. The van der Waals surface area contributed by atoms with E-state index in [1.54, 1.807) is 0 Å². The smallest absolute Gasteiger partial charge is 0.229 e. The summed E-state index contributed by atoms with van der Waals surface area (Å²) in [6.45, 7) is 0.601. The molecule has 1 aliphatic rings. The number of rotatable bonds is 7. The van der Waals surface area contributed by atoms with Gasteiger partial charge in [0.25, 0.3) is 0 Å². The Hall–Kier alpha value is -1.29. The third-order valence-corrected chi connectivity index (χ3v) is 4.30. The lowest BCUT2D eigenvalue weighted by Gasteiger charge is -2.12. The molecule has 1 aromatic rings. The molecule has 0 spiro atoms. The third kappa shape index (κ3) is 4.39. The number of imide groups is 1. The van der Waals surface area contributed by atoms with Gasteiger partial charge in [0.1, 0.15) is 0 Å². The summed E-state index contributed by atoms with van der Waals surface area (Å²) in [5.74, 6) is 2.11. The van der Waals surface area contributed by atoms with E-state index in [4.69, 9.17) is 0 Å². The predicted molar refractivity (Wildman–Crippen MR) is 77.8 cm³/mol. The Labute approximate surface area is 118 Å². The summed E-state index contributed by atoms with van der Waals surface area (Å²) < 4.78 is 0. The molecular weight excluding hydrogens is 258 g/mol. The van der Waals surface area contributed by atoms with Crippen LogP contribution >= 0.6 is 11.8 Å². The monoisotopic (exact) mass is 277 g/mol. The van der Waals surface area contributed by atoms with Crippen molar-refractivity contribution in [3.63, 3.8) is 0 Å². The SMILES string of the molecule is O=C1CCC(=O)N1CCCCSCc1ccccc1. The Morgan fingerprint density at radius 1 is 1.00 bits per heavy atom. The summed E-state index contributed by atoms with van der Waals surface area (Å²) >= 11 is 1.90. The number of amides is 2. The lowest BCUT2D eigenvalue weighted by molar-refractivity contribution is -0.138. The van der Waals surface area contributed by atoms with Crippen molar-refractivity contribution in [1.29, 1.82) is 0 Å². The van der Waals surface area contributed by atoms with Gasteiger partial charge in [0.15, 0.2) is 0 Å². The largest absolute Gasteiger partial charge is 0.283 e. The standard InChI is InChI=1S/C15H19NO2S/c17-14-8-9-15(18)16(14)10-4-5-11-19-12-13-6-2-1-3-7-13/h1-3,6-7H,4-5,8-12H2. The first-order valence-electron chi connectivity index (χ1n) is 6.72. The summed E-state index contributed by atoms with van der Waals surface area (Å²) in [5, 5.41) is 0. The molecule has 102 valence electrons. The van der Waals surface area contributed by atoms with Crippen LogP contribution in [0.3, 0.4) is 0 Å². The molecule has 0 unspecified atom stereocenters. The highest BCUT2D eigenvalue weighted by molar-refractivity contribution is 7.98. The number of benzene rings is 1. The Bertz CT molecular complexity index is 417. The van der Waals surface area contributed by atoms with Crippen molar-refractivity contribution in [1.82, 2.24) is 4.90 Å². The van der Waals surface area contributed by atoms with Crippen LogP contribution in [0.2, 0.25) is 0 Å². The molecule has 4 heteroatoms. The Morgan fingerprint density at radius 2 is 1.68 bits per heavy atom. The number of hydrogen-bond donors (Lipinski definition) is 0. The minimum atomic E-state index is 0.00180. The first kappa shape index (κ1) is 14.1. The first-order chi connectivity index (χ1) is 9.27. The van der Waals surface area contributed by atoms with Crippen molar-refractivity contribution >= 4 is 23.6 Å². The molecule has 2 amide bonds. The summed E-state index contributed by atoms with van der Waals surface area (Å²) in [4.78, 5) is 24.2. The van der Waals surface area contributed by atoms with Crippen LogP contribution in [0.4, 0.5) is 0 Å². The number of hydrogen-bond acceptors (Lipinski definition) is 3. The fraction of sp³-hybridized carbons (Fsp3) is 0.467. The van der Waals surface area contributed by atoms with Gasteiger partial charge in [-0.2, -0.15) is 11.8 Å². The number of likely N-dealkylation sites (tertiary alicyclic amines) is 1. The highest BCUT2D eigenvalue weighted by Crippen LogP contribution is 2.15. The topological polar surface area (TPSA) is 37.4 Å². The number of nitrogens with zero attached hydrogens (tertiary/aromatic N) is 1. The summed E-state index contributed by atoms with van der Waals surface area (Å²) in [6, 6.07) is 10.4. The average Bonchev–Trinajstić information content (AvgIpc) is 2.75. The average molecular weight is 277 g/mol. The molecule has 0 saturated carbocycles. The van der Waals surface area contributed by atoms with Gasteiger partial charge in [-0.3, -0.25) is 14.5 Å². The molecule has 1 fully saturated rings. The van der Waals surface area contributed by atoms with Gasteiger partial charge in [-0.05, 0) is 24.2 Å². The van der Waals surface area contributed by atoms with Crippen molar-refractivity contribution in [2.75, 3.05) is 12.3 Å². The molecule has 0 atom stereocenters. The normalized spacial score (nSPS) is 15.3. The second-order valence-corrected chi connectivity index (χ2v) is 5.79. The van der Waals surface area contributed by atoms with E-state index in [0.717, 1.165) is 24.3 Å². The molecule has 0 bridgehead atoms. The lowest BCUT2D eigenvalue weighted by atomic mass is 10.2. The predicted octanol–water partition coefficient (Wildman–Crippen LogP) is 2.85. The van der Waals surface area contributed by atoms with Crippen molar-refractivity contribution in [2.45, 2.75) is 31.4 Å². The van der Waals surface area contributed by atoms with Crippen LogP contribution in [0.15, 0.2) is 30.3 Å². The quantitative estimate of drug-likeness (QED) is 0.568. The van der Waals surface area contributed by atoms with Crippen LogP contribution in [0.25, 0.3) is 0 Å². The molecular formula is C15H19NO2S. The zero-order valence-electron chi connectivity index (χ0n) is 11.0. The summed E-state index contributed by atoms with van der Waals surface area (Å²) in [6.07, 6.45) is 2.77. The molecule has 1 heterocycles. The molecule has 19 heavy (non-hydrogen) atoms. The van der Waals surface area contributed by atoms with Crippen LogP contribution in [-0.2, 0) is 15.3 Å². The summed E-state index contributed by atoms with van der Waals surface area (Å²) in [7, 11) is 0. The number of unbranched alkanes of at least 4 members (excludes halogenated alkanes) is 1. The van der Waals surface area contributed by atoms with Crippen LogP contribution in [0, 0.1) is 0 Å². The van der Waals surface area contributed by atoms with Gasteiger partial charge in [0.2, 0.25) is 11.8 Å². The van der Waals surface area contributed by atoms with E-state index in [1.165, 1.54) is 10.5 Å². The van der Waals surface area contributed by atoms with E-state index >= 15 is 0 Å². The van der Waals surface area contributed by atoms with Crippen molar-refractivity contribution in [3.05, 3.63) is 35.9 Å². The Balaban J connectivity index is 1.55. The van der Waals surface area contributed by atoms with E-state index < -0.39 is 0 Å². The van der Waals surface area contributed by atoms with E-state index in [2.05, 4.69) is 24.3 Å². The Kier molecular flexibility index (Phi) is 5.45. The van der Waals surface area contributed by atoms with Crippen LogP contribution in [0.5, 0.6) is 0 Å². The number of carbonyl (C=O) groups is 2. The Morgan fingerprint density at radius 3 is 2.37 bits per heavy atom. The molecule has 1 aliphatic heterocycles. The fourth-order valence-corrected chi connectivity index (χ4v) is 3.09. The second kappa shape index (κ2) is 7.34. The lowest BCUT2D eigenvalue weighted by Crippen LogP contribution is -2.30. The molecule has 0 aromatic heterocycles. The minimum Gasteiger partial charge on any atom is -0.283 e. The van der Waals surface area contributed by atoms with E-state index in [-0.39, 0.29) is 11.8 Å². The van der Waals surface area contributed by atoms with E-state index in [1.807, 2.05) is 17.8 Å². The summed E-state index contributed by atoms with van der Waals surface area (Å²) in [5.41, 5.74) is 1.34. The fourth-order valence-electron chi connectivity index (χ4n) is 2.11. The molecule has 1 saturated heterocycles. The van der Waals surface area contributed by atoms with Gasteiger partial charge in [0.05, 0.1) is 0 Å². The highest BCUT2D eigenvalue weighted by Gasteiger charge is 2.27.